The summed E-state index contributed by atoms with van der Waals surface area (Å²) in [6.45, 7) is 3.77. The van der Waals surface area contributed by atoms with Gasteiger partial charge < -0.3 is 0 Å². The lowest BCUT2D eigenvalue weighted by molar-refractivity contribution is -0.124. The van der Waals surface area contributed by atoms with Crippen LogP contribution in [0.15, 0.2) is 53.4 Å². The molecule has 126 valence electrons. The molecule has 0 saturated heterocycles. The summed E-state index contributed by atoms with van der Waals surface area (Å²) >= 11 is 0. The van der Waals surface area contributed by atoms with Crippen molar-refractivity contribution in [3.05, 3.63) is 65.2 Å². The monoisotopic (exact) mass is 346 g/mol. The fourth-order valence-corrected chi connectivity index (χ4v) is 3.31. The predicted octanol–water partition coefficient (Wildman–Crippen LogP) is 2.62. The van der Waals surface area contributed by atoms with E-state index in [-0.39, 0.29) is 4.90 Å². The SMILES string of the molecule is Cc1ccc(NS(=O)(=O)c2cccc(/C=C/C(=O)NO)c2)c(C)c1. The van der Waals surface area contributed by atoms with E-state index in [1.165, 1.54) is 23.7 Å². The van der Waals surface area contributed by atoms with Crippen LogP contribution >= 0.6 is 0 Å². The Kier molecular flexibility index (Phi) is 5.38. The van der Waals surface area contributed by atoms with Gasteiger partial charge in [0.15, 0.2) is 0 Å². The van der Waals surface area contributed by atoms with Crippen LogP contribution in [-0.4, -0.2) is 19.5 Å². The molecule has 0 atom stereocenters. The summed E-state index contributed by atoms with van der Waals surface area (Å²) in [6, 6.07) is 11.6. The van der Waals surface area contributed by atoms with Crippen LogP contribution in [-0.2, 0) is 14.8 Å². The van der Waals surface area contributed by atoms with Crippen molar-refractivity contribution in [3.63, 3.8) is 0 Å². The zero-order chi connectivity index (χ0) is 17.7. The number of rotatable bonds is 5. The molecule has 0 fully saturated rings. The van der Waals surface area contributed by atoms with Crippen molar-refractivity contribution in [2.75, 3.05) is 4.72 Å². The maximum Gasteiger partial charge on any atom is 0.267 e. The van der Waals surface area contributed by atoms with Crippen LogP contribution < -0.4 is 10.2 Å². The van der Waals surface area contributed by atoms with Crippen LogP contribution in [0.2, 0.25) is 0 Å². The number of nitrogens with one attached hydrogen (secondary N) is 2. The fraction of sp³-hybridized carbons (Fsp3) is 0.118. The first-order valence-corrected chi connectivity index (χ1v) is 8.62. The smallest absolute Gasteiger partial charge is 0.267 e. The second-order valence-corrected chi connectivity index (χ2v) is 6.99. The minimum absolute atomic E-state index is 0.0778. The van der Waals surface area contributed by atoms with Gasteiger partial charge in [-0.15, -0.1) is 0 Å². The first-order valence-electron chi connectivity index (χ1n) is 7.14. The van der Waals surface area contributed by atoms with Gasteiger partial charge in [0.05, 0.1) is 10.6 Å². The molecule has 0 aromatic heterocycles. The highest BCUT2D eigenvalue weighted by atomic mass is 32.2. The largest absolute Gasteiger partial charge is 0.288 e. The molecule has 2 aromatic rings. The molecule has 2 rings (SSSR count). The van der Waals surface area contributed by atoms with Gasteiger partial charge in [-0.2, -0.15) is 0 Å². The van der Waals surface area contributed by atoms with Gasteiger partial charge in [0.2, 0.25) is 0 Å². The van der Waals surface area contributed by atoms with E-state index in [9.17, 15) is 13.2 Å². The first-order chi connectivity index (χ1) is 11.3. The van der Waals surface area contributed by atoms with E-state index in [1.54, 1.807) is 18.2 Å². The van der Waals surface area contributed by atoms with Crippen LogP contribution in [0, 0.1) is 13.8 Å². The molecule has 0 bridgehead atoms. The van der Waals surface area contributed by atoms with Crippen molar-refractivity contribution >= 4 is 27.7 Å². The number of aryl methyl sites for hydroxylation is 2. The number of carbonyl (C=O) groups is 1. The van der Waals surface area contributed by atoms with E-state index in [0.717, 1.165) is 17.2 Å². The Bertz CT molecular complexity index is 889. The van der Waals surface area contributed by atoms with Crippen LogP contribution in [0.3, 0.4) is 0 Å². The molecule has 2 aromatic carbocycles. The standard InChI is InChI=1S/C17H18N2O4S/c1-12-6-8-16(13(2)10-12)19-24(22,23)15-5-3-4-14(11-15)7-9-17(20)18-21/h3-11,19,21H,1-2H3,(H,18,20)/b9-7+. The summed E-state index contributed by atoms with van der Waals surface area (Å²) in [6.07, 6.45) is 2.50. The number of hydrogen-bond donors (Lipinski definition) is 3. The number of hydrogen-bond acceptors (Lipinski definition) is 4. The second kappa shape index (κ2) is 7.29. The molecule has 24 heavy (non-hydrogen) atoms. The number of benzene rings is 2. The minimum atomic E-state index is -3.75. The van der Waals surface area contributed by atoms with Gasteiger partial charge in [-0.25, -0.2) is 13.9 Å². The average molecular weight is 346 g/mol. The lowest BCUT2D eigenvalue weighted by Crippen LogP contribution is -2.15. The Morgan fingerprint density at radius 2 is 1.88 bits per heavy atom. The molecule has 0 aliphatic heterocycles. The van der Waals surface area contributed by atoms with Crippen molar-refractivity contribution in [1.29, 1.82) is 0 Å². The Morgan fingerprint density at radius 1 is 1.12 bits per heavy atom. The van der Waals surface area contributed by atoms with E-state index < -0.39 is 15.9 Å². The minimum Gasteiger partial charge on any atom is -0.288 e. The highest BCUT2D eigenvalue weighted by Gasteiger charge is 2.15. The molecule has 3 N–H and O–H groups in total. The van der Waals surface area contributed by atoms with Gasteiger partial charge in [0.1, 0.15) is 0 Å². The maximum absolute atomic E-state index is 12.5. The van der Waals surface area contributed by atoms with Gasteiger partial charge >= 0.3 is 0 Å². The summed E-state index contributed by atoms with van der Waals surface area (Å²) in [5.74, 6) is -0.698. The Hall–Kier alpha value is -2.64. The highest BCUT2D eigenvalue weighted by molar-refractivity contribution is 7.92. The molecule has 0 heterocycles. The molecule has 0 aliphatic carbocycles. The van der Waals surface area contributed by atoms with E-state index in [2.05, 4.69) is 4.72 Å². The Morgan fingerprint density at radius 3 is 2.54 bits per heavy atom. The molecule has 6 nitrogen and oxygen atoms in total. The van der Waals surface area contributed by atoms with E-state index in [4.69, 9.17) is 5.21 Å². The number of amides is 1. The molecule has 0 radical (unpaired) electrons. The number of hydroxylamine groups is 1. The third kappa shape index (κ3) is 4.43. The van der Waals surface area contributed by atoms with Crippen molar-refractivity contribution < 1.29 is 18.4 Å². The zero-order valence-electron chi connectivity index (χ0n) is 13.3. The molecule has 0 saturated carbocycles. The quantitative estimate of drug-likeness (QED) is 0.440. The Labute approximate surface area is 140 Å². The van der Waals surface area contributed by atoms with Gasteiger partial charge in [-0.3, -0.25) is 14.7 Å². The third-order valence-electron chi connectivity index (χ3n) is 3.33. The summed E-state index contributed by atoms with van der Waals surface area (Å²) in [4.78, 5) is 11.1. The van der Waals surface area contributed by atoms with Crippen molar-refractivity contribution in [1.82, 2.24) is 5.48 Å². The first kappa shape index (κ1) is 17.7. The molecule has 0 unspecified atom stereocenters. The molecular formula is C17H18N2O4S. The molecule has 1 amide bonds. The van der Waals surface area contributed by atoms with E-state index in [1.807, 2.05) is 26.0 Å². The summed E-state index contributed by atoms with van der Waals surface area (Å²) in [7, 11) is -3.75. The lowest BCUT2D eigenvalue weighted by Gasteiger charge is -2.11. The number of sulfonamides is 1. The number of carbonyl (C=O) groups excluding carboxylic acids is 1. The summed E-state index contributed by atoms with van der Waals surface area (Å²) in [5.41, 5.74) is 4.37. The second-order valence-electron chi connectivity index (χ2n) is 5.31. The molecule has 0 spiro atoms. The summed E-state index contributed by atoms with van der Waals surface area (Å²) < 4.78 is 27.6. The van der Waals surface area contributed by atoms with Crippen LogP contribution in [0.4, 0.5) is 5.69 Å². The lowest BCUT2D eigenvalue weighted by atomic mass is 10.1. The normalized spacial score (nSPS) is 11.5. The van der Waals surface area contributed by atoms with Gasteiger partial charge in [0.25, 0.3) is 15.9 Å². The van der Waals surface area contributed by atoms with Gasteiger partial charge in [0, 0.05) is 6.08 Å². The maximum atomic E-state index is 12.5. The fourth-order valence-electron chi connectivity index (χ4n) is 2.13. The van der Waals surface area contributed by atoms with Gasteiger partial charge in [-0.05, 0) is 49.2 Å². The van der Waals surface area contributed by atoms with E-state index in [0.29, 0.717) is 11.3 Å². The van der Waals surface area contributed by atoms with Crippen LogP contribution in [0.1, 0.15) is 16.7 Å². The average Bonchev–Trinajstić information content (AvgIpc) is 2.55. The van der Waals surface area contributed by atoms with Crippen molar-refractivity contribution in [2.45, 2.75) is 18.7 Å². The van der Waals surface area contributed by atoms with E-state index >= 15 is 0 Å². The topological polar surface area (TPSA) is 95.5 Å². The zero-order valence-corrected chi connectivity index (χ0v) is 14.1. The highest BCUT2D eigenvalue weighted by Crippen LogP contribution is 2.21. The van der Waals surface area contributed by atoms with Crippen molar-refractivity contribution in [3.8, 4) is 0 Å². The Balaban J connectivity index is 2.29. The molecule has 0 aliphatic rings. The number of anilines is 1. The predicted molar refractivity (Wildman–Crippen MR) is 92.1 cm³/mol. The van der Waals surface area contributed by atoms with Gasteiger partial charge in [-0.1, -0.05) is 29.8 Å². The third-order valence-corrected chi connectivity index (χ3v) is 4.70. The van der Waals surface area contributed by atoms with Crippen LogP contribution in [0.25, 0.3) is 6.08 Å². The van der Waals surface area contributed by atoms with Crippen molar-refractivity contribution in [2.24, 2.45) is 0 Å². The van der Waals surface area contributed by atoms with Crippen LogP contribution in [0.5, 0.6) is 0 Å². The molecular weight excluding hydrogens is 328 g/mol. The summed E-state index contributed by atoms with van der Waals surface area (Å²) in [5, 5.41) is 8.45. The molecule has 7 heteroatoms.